The van der Waals surface area contributed by atoms with Crippen LogP contribution < -0.4 is 11.3 Å². The van der Waals surface area contributed by atoms with Crippen LogP contribution in [0.15, 0.2) is 0 Å². The van der Waals surface area contributed by atoms with Gasteiger partial charge in [-0.3, -0.25) is 14.9 Å². The van der Waals surface area contributed by atoms with Gasteiger partial charge in [0.1, 0.15) is 6.54 Å². The number of carbonyl (C=O) groups is 1. The quantitative estimate of drug-likeness (QED) is 0.451. The van der Waals surface area contributed by atoms with Crippen molar-refractivity contribution in [2.24, 2.45) is 5.84 Å². The minimum Gasteiger partial charge on any atom is -0.293 e. The van der Waals surface area contributed by atoms with Gasteiger partial charge in [-0.15, -0.1) is 0 Å². The van der Waals surface area contributed by atoms with Gasteiger partial charge in [-0.25, -0.2) is 5.84 Å². The first-order chi connectivity index (χ1) is 7.93. The van der Waals surface area contributed by atoms with Crippen LogP contribution in [0.3, 0.4) is 0 Å². The number of carbonyl (C=O) groups excluding carboxylic acids is 1. The molecule has 1 heterocycles. The minimum absolute atomic E-state index is 0.210. The van der Waals surface area contributed by atoms with E-state index in [1.807, 2.05) is 5.43 Å². The van der Waals surface area contributed by atoms with Crippen molar-refractivity contribution in [2.75, 3.05) is 0 Å². The number of halogens is 3. The van der Waals surface area contributed by atoms with Crippen LogP contribution in [0.5, 0.6) is 0 Å². The zero-order chi connectivity index (χ0) is 12.6. The van der Waals surface area contributed by atoms with Crippen LogP contribution in [0.1, 0.15) is 23.4 Å². The van der Waals surface area contributed by atoms with Gasteiger partial charge in [-0.1, -0.05) is 0 Å². The Morgan fingerprint density at radius 2 is 2.18 bits per heavy atom. The number of nitrogens with zero attached hydrogens (tertiary/aromatic N) is 2. The summed E-state index contributed by atoms with van der Waals surface area (Å²) in [5.74, 6) is 4.32. The molecule has 2 rings (SSSR count). The fraction of sp³-hybridized carbons (Fsp3) is 0.556. The lowest BCUT2D eigenvalue weighted by Gasteiger charge is -2.04. The van der Waals surface area contributed by atoms with Crippen LogP contribution >= 0.6 is 0 Å². The SMILES string of the molecule is NNC(=O)Cn1nc(C(F)(F)F)c2c1CCC2. The number of amides is 1. The average Bonchev–Trinajstić information content (AvgIpc) is 2.79. The predicted molar refractivity (Wildman–Crippen MR) is 51.6 cm³/mol. The van der Waals surface area contributed by atoms with Crippen LogP contribution in [-0.4, -0.2) is 15.7 Å². The molecular weight excluding hydrogens is 237 g/mol. The first kappa shape index (κ1) is 11.9. The second-order valence-corrected chi connectivity index (χ2v) is 3.85. The number of alkyl halides is 3. The molecule has 0 unspecified atom stereocenters. The first-order valence-electron chi connectivity index (χ1n) is 5.08. The van der Waals surface area contributed by atoms with Crippen LogP contribution in [0, 0.1) is 0 Å². The highest BCUT2D eigenvalue weighted by molar-refractivity contribution is 5.75. The summed E-state index contributed by atoms with van der Waals surface area (Å²) in [4.78, 5) is 11.1. The van der Waals surface area contributed by atoms with Gasteiger partial charge in [0.2, 0.25) is 0 Å². The monoisotopic (exact) mass is 248 g/mol. The molecule has 5 nitrogen and oxygen atoms in total. The number of hydrogen-bond donors (Lipinski definition) is 2. The molecular formula is C9H11F3N4O. The van der Waals surface area contributed by atoms with Gasteiger partial charge >= 0.3 is 6.18 Å². The Labute approximate surface area is 94.7 Å². The molecule has 1 aliphatic carbocycles. The van der Waals surface area contributed by atoms with Crippen LogP contribution in [0.2, 0.25) is 0 Å². The Morgan fingerprint density at radius 3 is 2.76 bits per heavy atom. The molecule has 17 heavy (non-hydrogen) atoms. The van der Waals surface area contributed by atoms with Crippen LogP contribution in [0.25, 0.3) is 0 Å². The Bertz CT molecular complexity index is 452. The van der Waals surface area contributed by atoms with E-state index in [-0.39, 0.29) is 12.1 Å². The number of hydrogen-bond acceptors (Lipinski definition) is 3. The fourth-order valence-electron chi connectivity index (χ4n) is 2.05. The zero-order valence-corrected chi connectivity index (χ0v) is 8.84. The van der Waals surface area contributed by atoms with E-state index in [2.05, 4.69) is 5.10 Å². The molecule has 3 N–H and O–H groups in total. The van der Waals surface area contributed by atoms with Gasteiger partial charge in [-0.2, -0.15) is 18.3 Å². The number of hydrazine groups is 1. The fourth-order valence-corrected chi connectivity index (χ4v) is 2.05. The van der Waals surface area contributed by atoms with Crippen molar-refractivity contribution in [1.82, 2.24) is 15.2 Å². The lowest BCUT2D eigenvalue weighted by Crippen LogP contribution is -2.34. The molecule has 0 fully saturated rings. The summed E-state index contributed by atoms with van der Waals surface area (Å²) in [6.07, 6.45) is -2.95. The van der Waals surface area contributed by atoms with E-state index >= 15 is 0 Å². The van der Waals surface area contributed by atoms with Crippen molar-refractivity contribution in [3.63, 3.8) is 0 Å². The van der Waals surface area contributed by atoms with Crippen molar-refractivity contribution in [1.29, 1.82) is 0 Å². The summed E-state index contributed by atoms with van der Waals surface area (Å²) < 4.78 is 39.1. The predicted octanol–water partition coefficient (Wildman–Crippen LogP) is 0.380. The van der Waals surface area contributed by atoms with E-state index in [9.17, 15) is 18.0 Å². The van der Waals surface area contributed by atoms with E-state index in [1.165, 1.54) is 0 Å². The summed E-state index contributed by atoms with van der Waals surface area (Å²) in [6.45, 7) is -0.283. The summed E-state index contributed by atoms with van der Waals surface area (Å²) in [6, 6.07) is 0. The smallest absolute Gasteiger partial charge is 0.293 e. The van der Waals surface area contributed by atoms with Gasteiger partial charge in [0, 0.05) is 11.3 Å². The molecule has 0 spiro atoms. The Kier molecular flexibility index (Phi) is 2.82. The van der Waals surface area contributed by atoms with Crippen molar-refractivity contribution < 1.29 is 18.0 Å². The normalized spacial score (nSPS) is 14.8. The summed E-state index contributed by atoms with van der Waals surface area (Å²) >= 11 is 0. The molecule has 1 aromatic rings. The highest BCUT2D eigenvalue weighted by Crippen LogP contribution is 2.36. The van der Waals surface area contributed by atoms with E-state index in [1.54, 1.807) is 0 Å². The van der Waals surface area contributed by atoms with Crippen LogP contribution in [0.4, 0.5) is 13.2 Å². The van der Waals surface area contributed by atoms with Crippen molar-refractivity contribution in [3.05, 3.63) is 17.0 Å². The highest BCUT2D eigenvalue weighted by Gasteiger charge is 2.40. The van der Waals surface area contributed by atoms with E-state index in [0.29, 0.717) is 25.0 Å². The zero-order valence-electron chi connectivity index (χ0n) is 8.84. The van der Waals surface area contributed by atoms with E-state index in [4.69, 9.17) is 5.84 Å². The first-order valence-corrected chi connectivity index (χ1v) is 5.08. The molecule has 8 heteroatoms. The highest BCUT2D eigenvalue weighted by atomic mass is 19.4. The Balaban J connectivity index is 2.38. The van der Waals surface area contributed by atoms with Crippen molar-refractivity contribution >= 4 is 5.91 Å². The molecule has 0 radical (unpaired) electrons. The molecule has 0 atom stereocenters. The van der Waals surface area contributed by atoms with Gasteiger partial charge in [0.05, 0.1) is 0 Å². The lowest BCUT2D eigenvalue weighted by atomic mass is 10.2. The molecule has 1 aliphatic rings. The van der Waals surface area contributed by atoms with Gasteiger partial charge in [0.15, 0.2) is 5.69 Å². The third-order valence-corrected chi connectivity index (χ3v) is 2.73. The second kappa shape index (κ2) is 4.02. The average molecular weight is 248 g/mol. The Hall–Kier alpha value is -1.57. The number of fused-ring (bicyclic) bond motifs is 1. The maximum atomic E-state index is 12.7. The summed E-state index contributed by atoms with van der Waals surface area (Å²) in [7, 11) is 0. The number of aromatic nitrogens is 2. The van der Waals surface area contributed by atoms with E-state index in [0.717, 1.165) is 4.68 Å². The maximum Gasteiger partial charge on any atom is 0.435 e. The largest absolute Gasteiger partial charge is 0.435 e. The molecule has 0 aromatic carbocycles. The molecule has 0 bridgehead atoms. The third-order valence-electron chi connectivity index (χ3n) is 2.73. The molecule has 0 aliphatic heterocycles. The number of nitrogens with one attached hydrogen (secondary N) is 1. The lowest BCUT2D eigenvalue weighted by molar-refractivity contribution is -0.142. The molecule has 1 aromatic heterocycles. The summed E-state index contributed by atoms with van der Waals surface area (Å²) in [5.41, 5.74) is 1.69. The van der Waals surface area contributed by atoms with Gasteiger partial charge < -0.3 is 0 Å². The molecule has 0 saturated heterocycles. The molecule has 0 saturated carbocycles. The van der Waals surface area contributed by atoms with Gasteiger partial charge in [0.25, 0.3) is 5.91 Å². The topological polar surface area (TPSA) is 72.9 Å². The molecule has 1 amide bonds. The van der Waals surface area contributed by atoms with Crippen LogP contribution in [-0.2, 0) is 30.4 Å². The van der Waals surface area contributed by atoms with E-state index < -0.39 is 17.8 Å². The third kappa shape index (κ3) is 2.12. The van der Waals surface area contributed by atoms with Gasteiger partial charge in [-0.05, 0) is 19.3 Å². The minimum atomic E-state index is -4.47. The number of nitrogens with two attached hydrogens (primary N) is 1. The Morgan fingerprint density at radius 1 is 1.47 bits per heavy atom. The summed E-state index contributed by atoms with van der Waals surface area (Å²) in [5, 5.41) is 3.47. The van der Waals surface area contributed by atoms with Crippen molar-refractivity contribution in [3.8, 4) is 0 Å². The second-order valence-electron chi connectivity index (χ2n) is 3.85. The molecule has 94 valence electrons. The maximum absolute atomic E-state index is 12.7. The van der Waals surface area contributed by atoms with Crippen molar-refractivity contribution in [2.45, 2.75) is 32.0 Å². The number of rotatable bonds is 2. The standard InChI is InChI=1S/C9H11F3N4O/c10-9(11,12)8-5-2-1-3-6(5)16(15-8)4-7(17)14-13/h1-4,13H2,(H,14,17).